The smallest absolute Gasteiger partial charge is 0.255 e. The van der Waals surface area contributed by atoms with Gasteiger partial charge in [-0.15, -0.1) is 0 Å². The minimum Gasteiger partial charge on any atom is -0.493 e. The van der Waals surface area contributed by atoms with Crippen LogP contribution in [0.5, 0.6) is 11.5 Å². The van der Waals surface area contributed by atoms with Gasteiger partial charge < -0.3 is 14.8 Å². The Kier molecular flexibility index (Phi) is 6.95. The Morgan fingerprint density at radius 1 is 1.09 bits per heavy atom. The van der Waals surface area contributed by atoms with Crippen molar-refractivity contribution in [3.05, 3.63) is 48.0 Å². The standard InChI is InChI=1S/C25H32N2O5S/c1-4-32-24-15-19(7-12-23(24)31-3)25(28)26-20-8-10-21(11-9-20)33(29,30)27-16(2)22-14-17-5-6-18(22)13-17/h7-12,15-18,22,27H,4-6,13-14H2,1-3H3,(H,26,28)/t16-,17-,18-,22-/m0/s1. The molecular formula is C25H32N2O5S. The number of hydrogen-bond acceptors (Lipinski definition) is 5. The van der Waals surface area contributed by atoms with E-state index < -0.39 is 10.0 Å². The third-order valence-corrected chi connectivity index (χ3v) is 8.50. The van der Waals surface area contributed by atoms with E-state index in [1.807, 2.05) is 13.8 Å². The highest BCUT2D eigenvalue weighted by molar-refractivity contribution is 7.89. The molecule has 2 bridgehead atoms. The number of benzene rings is 2. The summed E-state index contributed by atoms with van der Waals surface area (Å²) in [6, 6.07) is 11.1. The number of fused-ring (bicyclic) bond motifs is 2. The van der Waals surface area contributed by atoms with Gasteiger partial charge in [-0.3, -0.25) is 4.79 Å². The van der Waals surface area contributed by atoms with Crippen LogP contribution in [0.25, 0.3) is 0 Å². The second-order valence-electron chi connectivity index (χ2n) is 9.03. The number of carbonyl (C=O) groups excluding carboxylic acids is 1. The molecule has 0 heterocycles. The Hall–Kier alpha value is -2.58. The summed E-state index contributed by atoms with van der Waals surface area (Å²) in [5.74, 6) is 2.55. The fourth-order valence-electron chi connectivity index (χ4n) is 5.31. The molecule has 2 aromatic rings. The molecule has 7 nitrogen and oxygen atoms in total. The zero-order valence-electron chi connectivity index (χ0n) is 19.3. The van der Waals surface area contributed by atoms with E-state index in [0.29, 0.717) is 41.2 Å². The lowest BCUT2D eigenvalue weighted by Crippen LogP contribution is -2.40. The van der Waals surface area contributed by atoms with E-state index in [0.717, 1.165) is 12.3 Å². The zero-order valence-corrected chi connectivity index (χ0v) is 20.2. The van der Waals surface area contributed by atoms with Crippen molar-refractivity contribution >= 4 is 21.6 Å². The lowest BCUT2D eigenvalue weighted by Gasteiger charge is -2.28. The summed E-state index contributed by atoms with van der Waals surface area (Å²) in [6.45, 7) is 4.28. The molecule has 4 rings (SSSR count). The maximum atomic E-state index is 12.9. The minimum atomic E-state index is -3.62. The molecule has 0 unspecified atom stereocenters. The quantitative estimate of drug-likeness (QED) is 0.562. The van der Waals surface area contributed by atoms with Crippen LogP contribution in [0.1, 0.15) is 49.9 Å². The highest BCUT2D eigenvalue weighted by atomic mass is 32.2. The molecule has 1 amide bonds. The van der Waals surface area contributed by atoms with Crippen LogP contribution in [0, 0.1) is 17.8 Å². The maximum absolute atomic E-state index is 12.9. The van der Waals surface area contributed by atoms with Crippen molar-refractivity contribution in [2.75, 3.05) is 19.0 Å². The molecule has 0 spiro atoms. The Labute approximate surface area is 195 Å². The summed E-state index contributed by atoms with van der Waals surface area (Å²) in [6.07, 6.45) is 4.87. The van der Waals surface area contributed by atoms with Crippen LogP contribution >= 0.6 is 0 Å². The second kappa shape index (κ2) is 9.73. The monoisotopic (exact) mass is 472 g/mol. The summed E-state index contributed by atoms with van der Waals surface area (Å²) in [4.78, 5) is 12.9. The molecule has 0 saturated heterocycles. The number of methoxy groups -OCH3 is 1. The van der Waals surface area contributed by atoms with Gasteiger partial charge in [0.15, 0.2) is 11.5 Å². The third kappa shape index (κ3) is 5.17. The van der Waals surface area contributed by atoms with Crippen LogP contribution in [0.2, 0.25) is 0 Å². The van der Waals surface area contributed by atoms with Gasteiger partial charge in [-0.05, 0) is 93.3 Å². The Balaban J connectivity index is 1.40. The molecular weight excluding hydrogens is 440 g/mol. The molecule has 178 valence electrons. The maximum Gasteiger partial charge on any atom is 0.255 e. The lowest BCUT2D eigenvalue weighted by atomic mass is 9.84. The molecule has 8 heteroatoms. The molecule has 33 heavy (non-hydrogen) atoms. The predicted octanol–water partition coefficient (Wildman–Crippen LogP) is 4.45. The number of amides is 1. The van der Waals surface area contributed by atoms with Gasteiger partial charge in [0.25, 0.3) is 5.91 Å². The predicted molar refractivity (Wildman–Crippen MR) is 127 cm³/mol. The van der Waals surface area contributed by atoms with Gasteiger partial charge in [0.05, 0.1) is 18.6 Å². The highest BCUT2D eigenvalue weighted by Crippen LogP contribution is 2.49. The third-order valence-electron chi connectivity index (χ3n) is 6.92. The first-order valence-corrected chi connectivity index (χ1v) is 13.0. The van der Waals surface area contributed by atoms with Gasteiger partial charge in [-0.1, -0.05) is 6.42 Å². The van der Waals surface area contributed by atoms with E-state index in [2.05, 4.69) is 10.0 Å². The molecule has 2 aromatic carbocycles. The van der Waals surface area contributed by atoms with Crippen molar-refractivity contribution in [3.63, 3.8) is 0 Å². The number of carbonyl (C=O) groups is 1. The molecule has 0 aromatic heterocycles. The van der Waals surface area contributed by atoms with Crippen molar-refractivity contribution in [1.82, 2.24) is 4.72 Å². The number of rotatable bonds is 9. The van der Waals surface area contributed by atoms with E-state index in [4.69, 9.17) is 9.47 Å². The Morgan fingerprint density at radius 3 is 2.45 bits per heavy atom. The normalized spacial score (nSPS) is 22.7. The summed E-state index contributed by atoms with van der Waals surface area (Å²) < 4.78 is 39.4. The van der Waals surface area contributed by atoms with Crippen molar-refractivity contribution in [1.29, 1.82) is 0 Å². The molecule has 0 aliphatic heterocycles. The lowest BCUT2D eigenvalue weighted by molar-refractivity contribution is 0.102. The van der Waals surface area contributed by atoms with Crippen molar-refractivity contribution in [2.45, 2.75) is 50.5 Å². The van der Waals surface area contributed by atoms with E-state index in [-0.39, 0.29) is 16.8 Å². The molecule has 2 saturated carbocycles. The highest BCUT2D eigenvalue weighted by Gasteiger charge is 2.42. The summed E-state index contributed by atoms with van der Waals surface area (Å²) >= 11 is 0. The average Bonchev–Trinajstić information content (AvgIpc) is 3.43. The van der Waals surface area contributed by atoms with Crippen molar-refractivity contribution < 1.29 is 22.7 Å². The fourth-order valence-corrected chi connectivity index (χ4v) is 6.61. The van der Waals surface area contributed by atoms with E-state index in [1.165, 1.54) is 31.4 Å². The van der Waals surface area contributed by atoms with Gasteiger partial charge in [-0.25, -0.2) is 13.1 Å². The van der Waals surface area contributed by atoms with Crippen LogP contribution in [0.3, 0.4) is 0 Å². The van der Waals surface area contributed by atoms with Crippen LogP contribution in [-0.4, -0.2) is 34.1 Å². The van der Waals surface area contributed by atoms with Crippen molar-refractivity contribution in [3.8, 4) is 11.5 Å². The minimum absolute atomic E-state index is 0.0840. The second-order valence-corrected chi connectivity index (χ2v) is 10.7. The number of sulfonamides is 1. The van der Waals surface area contributed by atoms with Gasteiger partial charge >= 0.3 is 0 Å². The molecule has 4 atom stereocenters. The van der Waals surface area contributed by atoms with E-state index >= 15 is 0 Å². The Morgan fingerprint density at radius 2 is 1.85 bits per heavy atom. The number of nitrogens with one attached hydrogen (secondary N) is 2. The van der Waals surface area contributed by atoms with E-state index in [9.17, 15) is 13.2 Å². The van der Waals surface area contributed by atoms with Gasteiger partial charge in [0.2, 0.25) is 10.0 Å². The summed E-state index contributed by atoms with van der Waals surface area (Å²) in [7, 11) is -2.08. The SMILES string of the molecule is CCOc1cc(C(=O)Nc2ccc(S(=O)(=O)N[C@@H](C)[C@@H]3C[C@H]4CC[C@H]3C4)cc2)ccc1OC. The molecule has 0 radical (unpaired) electrons. The first-order valence-electron chi connectivity index (χ1n) is 11.5. The Bertz CT molecular complexity index is 1100. The van der Waals surface area contributed by atoms with Crippen LogP contribution < -0.4 is 19.5 Å². The van der Waals surface area contributed by atoms with E-state index in [1.54, 1.807) is 37.4 Å². The van der Waals surface area contributed by atoms with Crippen LogP contribution in [0.4, 0.5) is 5.69 Å². The number of anilines is 1. The summed E-state index contributed by atoms with van der Waals surface area (Å²) in [5, 5.41) is 2.80. The first-order chi connectivity index (χ1) is 15.8. The van der Waals surface area contributed by atoms with Gasteiger partial charge in [-0.2, -0.15) is 0 Å². The van der Waals surface area contributed by atoms with Gasteiger partial charge in [0, 0.05) is 17.3 Å². The zero-order chi connectivity index (χ0) is 23.6. The first kappa shape index (κ1) is 23.6. The molecule has 2 aliphatic rings. The largest absolute Gasteiger partial charge is 0.493 e. The fraction of sp³-hybridized carbons (Fsp3) is 0.480. The van der Waals surface area contributed by atoms with Crippen molar-refractivity contribution in [2.24, 2.45) is 17.8 Å². The van der Waals surface area contributed by atoms with Gasteiger partial charge in [0.1, 0.15) is 0 Å². The molecule has 2 fully saturated rings. The topological polar surface area (TPSA) is 93.7 Å². The average molecular weight is 473 g/mol. The van der Waals surface area contributed by atoms with Crippen LogP contribution in [0.15, 0.2) is 47.4 Å². The molecule has 2 aliphatic carbocycles. The number of ether oxygens (including phenoxy) is 2. The molecule has 2 N–H and O–H groups in total. The number of hydrogen-bond donors (Lipinski definition) is 2. The summed E-state index contributed by atoms with van der Waals surface area (Å²) in [5.41, 5.74) is 0.922. The van der Waals surface area contributed by atoms with Crippen LogP contribution in [-0.2, 0) is 10.0 Å².